The highest BCUT2D eigenvalue weighted by Gasteiger charge is 2.13. The van der Waals surface area contributed by atoms with Crippen LogP contribution in [-0.2, 0) is 0 Å². The van der Waals surface area contributed by atoms with E-state index in [1.54, 1.807) is 6.20 Å². The van der Waals surface area contributed by atoms with E-state index in [1.165, 1.54) is 44.7 Å². The van der Waals surface area contributed by atoms with Gasteiger partial charge in [-0.2, -0.15) is 0 Å². The third kappa shape index (κ3) is 4.54. The molecule has 1 saturated carbocycles. The summed E-state index contributed by atoms with van der Waals surface area (Å²) in [4.78, 5) is 20.8. The first-order chi connectivity index (χ1) is 11.7. The Morgan fingerprint density at radius 3 is 2.33 bits per heavy atom. The number of aryl methyl sites for hydroxylation is 1. The predicted octanol–water partition coefficient (Wildman–Crippen LogP) is 4.17. The fourth-order valence-electron chi connectivity index (χ4n) is 2.98. The molecule has 0 saturated heterocycles. The van der Waals surface area contributed by atoms with Crippen molar-refractivity contribution in [2.45, 2.75) is 51.5 Å². The summed E-state index contributed by atoms with van der Waals surface area (Å²) in [5.74, 6) is 0.501. The lowest BCUT2D eigenvalue weighted by atomic mass is 10.1. The van der Waals surface area contributed by atoms with Gasteiger partial charge in [0, 0.05) is 11.7 Å². The molecule has 1 aromatic heterocycles. The lowest BCUT2D eigenvalue weighted by Gasteiger charge is -2.16. The summed E-state index contributed by atoms with van der Waals surface area (Å²) in [5.41, 5.74) is 2.23. The van der Waals surface area contributed by atoms with E-state index >= 15 is 0 Å². The Labute approximate surface area is 142 Å². The van der Waals surface area contributed by atoms with E-state index in [1.807, 2.05) is 31.2 Å². The maximum atomic E-state index is 12.2. The highest BCUT2D eigenvalue weighted by molar-refractivity contribution is 6.02. The van der Waals surface area contributed by atoms with Crippen LogP contribution in [0.5, 0.6) is 0 Å². The second kappa shape index (κ2) is 7.90. The van der Waals surface area contributed by atoms with E-state index < -0.39 is 0 Å². The molecule has 0 atom stereocenters. The molecule has 2 aromatic rings. The Balaban J connectivity index is 1.58. The minimum absolute atomic E-state index is 0.243. The molecule has 5 heteroatoms. The number of anilines is 2. The van der Waals surface area contributed by atoms with E-state index in [0.29, 0.717) is 11.7 Å². The summed E-state index contributed by atoms with van der Waals surface area (Å²) in [7, 11) is 0. The number of hydrogen-bond acceptors (Lipinski definition) is 4. The quantitative estimate of drug-likeness (QED) is 0.828. The monoisotopic (exact) mass is 324 g/mol. The largest absolute Gasteiger partial charge is 0.366 e. The molecular weight excluding hydrogens is 300 g/mol. The van der Waals surface area contributed by atoms with Crippen LogP contribution in [0.1, 0.15) is 54.6 Å². The van der Waals surface area contributed by atoms with Crippen LogP contribution in [0.3, 0.4) is 0 Å². The van der Waals surface area contributed by atoms with Gasteiger partial charge in [-0.05, 0) is 31.9 Å². The van der Waals surface area contributed by atoms with Crippen molar-refractivity contribution in [1.82, 2.24) is 9.97 Å². The van der Waals surface area contributed by atoms with Gasteiger partial charge in [-0.15, -0.1) is 0 Å². The molecule has 1 amide bonds. The Morgan fingerprint density at radius 1 is 1.00 bits per heavy atom. The molecule has 2 N–H and O–H groups in total. The third-order valence-electron chi connectivity index (χ3n) is 4.40. The number of nitrogens with one attached hydrogen (secondary N) is 2. The summed E-state index contributed by atoms with van der Waals surface area (Å²) in [5, 5.41) is 6.27. The van der Waals surface area contributed by atoms with Crippen molar-refractivity contribution in [2.24, 2.45) is 0 Å². The van der Waals surface area contributed by atoms with Crippen LogP contribution in [0.2, 0.25) is 0 Å². The SMILES string of the molecule is Cc1ccc(NC(=O)c2cnc(NC3CCCCCC3)cn2)cc1. The molecule has 1 fully saturated rings. The lowest BCUT2D eigenvalue weighted by Crippen LogP contribution is -2.20. The number of amides is 1. The second-order valence-electron chi connectivity index (χ2n) is 6.44. The van der Waals surface area contributed by atoms with Gasteiger partial charge in [-0.3, -0.25) is 4.79 Å². The van der Waals surface area contributed by atoms with Crippen LogP contribution in [0.4, 0.5) is 11.5 Å². The molecule has 0 unspecified atom stereocenters. The van der Waals surface area contributed by atoms with Crippen LogP contribution >= 0.6 is 0 Å². The summed E-state index contributed by atoms with van der Waals surface area (Å²) >= 11 is 0. The number of aromatic nitrogens is 2. The smallest absolute Gasteiger partial charge is 0.275 e. The molecule has 1 aromatic carbocycles. The summed E-state index contributed by atoms with van der Waals surface area (Å²) < 4.78 is 0. The Morgan fingerprint density at radius 2 is 1.71 bits per heavy atom. The summed E-state index contributed by atoms with van der Waals surface area (Å²) in [6.07, 6.45) is 10.7. The van der Waals surface area contributed by atoms with Crippen molar-refractivity contribution < 1.29 is 4.79 Å². The third-order valence-corrected chi connectivity index (χ3v) is 4.40. The van der Waals surface area contributed by atoms with Gasteiger partial charge in [0.15, 0.2) is 0 Å². The van der Waals surface area contributed by atoms with Gasteiger partial charge < -0.3 is 10.6 Å². The van der Waals surface area contributed by atoms with Gasteiger partial charge in [0.25, 0.3) is 5.91 Å². The second-order valence-corrected chi connectivity index (χ2v) is 6.44. The number of hydrogen-bond donors (Lipinski definition) is 2. The van der Waals surface area contributed by atoms with Crippen molar-refractivity contribution in [3.05, 3.63) is 47.9 Å². The first kappa shape index (κ1) is 16.4. The van der Waals surface area contributed by atoms with Crippen LogP contribution in [-0.4, -0.2) is 21.9 Å². The van der Waals surface area contributed by atoms with Gasteiger partial charge in [-0.25, -0.2) is 9.97 Å². The zero-order valence-electron chi connectivity index (χ0n) is 14.1. The van der Waals surface area contributed by atoms with Crippen LogP contribution < -0.4 is 10.6 Å². The molecule has 126 valence electrons. The summed E-state index contributed by atoms with van der Waals surface area (Å²) in [6.45, 7) is 2.01. The highest BCUT2D eigenvalue weighted by Crippen LogP contribution is 2.20. The number of rotatable bonds is 4. The molecule has 0 bridgehead atoms. The Bertz CT molecular complexity index is 659. The van der Waals surface area contributed by atoms with E-state index in [4.69, 9.17) is 0 Å². The van der Waals surface area contributed by atoms with Gasteiger partial charge in [-0.1, -0.05) is 43.4 Å². The number of benzene rings is 1. The Hall–Kier alpha value is -2.43. The van der Waals surface area contributed by atoms with E-state index in [2.05, 4.69) is 20.6 Å². The first-order valence-corrected chi connectivity index (χ1v) is 8.67. The molecule has 0 aliphatic heterocycles. The minimum Gasteiger partial charge on any atom is -0.366 e. The highest BCUT2D eigenvalue weighted by atomic mass is 16.1. The number of nitrogens with zero attached hydrogens (tertiary/aromatic N) is 2. The topological polar surface area (TPSA) is 66.9 Å². The van der Waals surface area contributed by atoms with Crippen LogP contribution in [0, 0.1) is 6.92 Å². The minimum atomic E-state index is -0.243. The first-order valence-electron chi connectivity index (χ1n) is 8.67. The predicted molar refractivity (Wildman–Crippen MR) is 96.3 cm³/mol. The zero-order chi connectivity index (χ0) is 16.8. The molecule has 0 radical (unpaired) electrons. The van der Waals surface area contributed by atoms with Crippen LogP contribution in [0.25, 0.3) is 0 Å². The van der Waals surface area contributed by atoms with E-state index in [-0.39, 0.29) is 5.91 Å². The van der Waals surface area contributed by atoms with Gasteiger partial charge in [0.05, 0.1) is 12.4 Å². The lowest BCUT2D eigenvalue weighted by molar-refractivity contribution is 0.102. The van der Waals surface area contributed by atoms with Crippen LogP contribution in [0.15, 0.2) is 36.7 Å². The standard InChI is InChI=1S/C19H24N4O/c1-14-8-10-16(11-9-14)23-19(24)17-12-21-18(13-20-17)22-15-6-4-2-3-5-7-15/h8-13,15H,2-7H2,1H3,(H,21,22)(H,23,24). The maximum absolute atomic E-state index is 12.2. The molecule has 3 rings (SSSR count). The van der Waals surface area contributed by atoms with Gasteiger partial charge in [0.2, 0.25) is 0 Å². The van der Waals surface area contributed by atoms with Gasteiger partial charge >= 0.3 is 0 Å². The van der Waals surface area contributed by atoms with E-state index in [9.17, 15) is 4.79 Å². The van der Waals surface area contributed by atoms with E-state index in [0.717, 1.165) is 17.1 Å². The fourth-order valence-corrected chi connectivity index (χ4v) is 2.98. The molecule has 1 heterocycles. The average molecular weight is 324 g/mol. The average Bonchev–Trinajstić information content (AvgIpc) is 2.86. The number of carbonyl (C=O) groups is 1. The molecular formula is C19H24N4O. The van der Waals surface area contributed by atoms with Gasteiger partial charge in [0.1, 0.15) is 11.5 Å². The van der Waals surface area contributed by atoms with Crippen molar-refractivity contribution in [3.8, 4) is 0 Å². The van der Waals surface area contributed by atoms with Crippen molar-refractivity contribution in [3.63, 3.8) is 0 Å². The molecule has 24 heavy (non-hydrogen) atoms. The Kier molecular flexibility index (Phi) is 5.41. The van der Waals surface area contributed by atoms with Crippen molar-refractivity contribution in [1.29, 1.82) is 0 Å². The molecule has 5 nitrogen and oxygen atoms in total. The molecule has 1 aliphatic rings. The normalized spacial score (nSPS) is 15.5. The zero-order valence-corrected chi connectivity index (χ0v) is 14.1. The summed E-state index contributed by atoms with van der Waals surface area (Å²) in [6, 6.07) is 8.14. The number of carbonyl (C=O) groups excluding carboxylic acids is 1. The van der Waals surface area contributed by atoms with Crippen molar-refractivity contribution in [2.75, 3.05) is 10.6 Å². The fraction of sp³-hybridized carbons (Fsp3) is 0.421. The van der Waals surface area contributed by atoms with Crippen molar-refractivity contribution >= 4 is 17.4 Å². The maximum Gasteiger partial charge on any atom is 0.275 e. The molecule has 1 aliphatic carbocycles. The molecule has 0 spiro atoms.